The fourth-order valence-corrected chi connectivity index (χ4v) is 5.86. The van der Waals surface area contributed by atoms with Gasteiger partial charge in [-0.1, -0.05) is 45.4 Å². The van der Waals surface area contributed by atoms with Crippen molar-refractivity contribution >= 4 is 17.8 Å². The molecule has 41 heavy (non-hydrogen) atoms. The van der Waals surface area contributed by atoms with E-state index in [1.54, 1.807) is 24.3 Å². The number of benzene rings is 2. The minimum atomic E-state index is -0.601. The van der Waals surface area contributed by atoms with Gasteiger partial charge in [0.1, 0.15) is 0 Å². The summed E-state index contributed by atoms with van der Waals surface area (Å²) in [5.74, 6) is 0.900. The van der Waals surface area contributed by atoms with Crippen LogP contribution in [0.3, 0.4) is 0 Å². The normalized spacial score (nSPS) is 17.7. The smallest absolute Gasteiger partial charge is 0.360 e. The van der Waals surface area contributed by atoms with Gasteiger partial charge < -0.3 is 24.5 Å². The zero-order valence-corrected chi connectivity index (χ0v) is 24.9. The summed E-state index contributed by atoms with van der Waals surface area (Å²) in [4.78, 5) is 50.8. The SMILES string of the molecule is CCCC(c1ccc2c(c1)OCO2)N(Oc1ccccc1C(=O)NC)C(=O)N1C(=O)C(CC)(CC)C1CCN(C)C. The fraction of sp³-hybridized carbons (Fsp3) is 0.516. The lowest BCUT2D eigenvalue weighted by atomic mass is 9.65. The minimum absolute atomic E-state index is 0.127. The van der Waals surface area contributed by atoms with Crippen LogP contribution < -0.4 is 19.6 Å². The Morgan fingerprint density at radius 3 is 2.46 bits per heavy atom. The van der Waals surface area contributed by atoms with Gasteiger partial charge in [-0.05, 0) is 76.2 Å². The third kappa shape index (κ3) is 5.70. The third-order valence-corrected chi connectivity index (χ3v) is 8.28. The molecule has 2 aliphatic rings. The molecule has 4 amide bonds. The molecule has 0 aromatic heterocycles. The van der Waals surface area contributed by atoms with E-state index < -0.39 is 17.5 Å². The molecule has 10 heteroatoms. The number of carbonyl (C=O) groups is 3. The number of β-lactam (4-membered cyclic amide) rings is 1. The maximum absolute atomic E-state index is 14.5. The van der Waals surface area contributed by atoms with E-state index in [0.717, 1.165) is 18.5 Å². The first-order valence-electron chi connectivity index (χ1n) is 14.4. The Kier molecular flexibility index (Phi) is 9.42. The van der Waals surface area contributed by atoms with Crippen molar-refractivity contribution in [2.45, 2.75) is 65.0 Å². The number of hydroxylamine groups is 2. The molecule has 2 aromatic rings. The molecule has 0 bridgehead atoms. The van der Waals surface area contributed by atoms with Gasteiger partial charge in [-0.25, -0.2) is 4.79 Å². The highest BCUT2D eigenvalue weighted by Gasteiger charge is 2.61. The molecule has 2 aliphatic heterocycles. The Hall–Kier alpha value is -3.79. The zero-order chi connectivity index (χ0) is 29.7. The molecular weight excluding hydrogens is 524 g/mol. The van der Waals surface area contributed by atoms with Crippen molar-refractivity contribution in [3.8, 4) is 17.2 Å². The van der Waals surface area contributed by atoms with E-state index in [1.807, 2.05) is 53.1 Å². The van der Waals surface area contributed by atoms with Gasteiger partial charge in [-0.15, -0.1) is 5.06 Å². The summed E-state index contributed by atoms with van der Waals surface area (Å²) in [6.07, 6.45) is 3.22. The van der Waals surface area contributed by atoms with Crippen LogP contribution >= 0.6 is 0 Å². The average molecular weight is 567 g/mol. The first-order chi connectivity index (χ1) is 19.7. The first-order valence-corrected chi connectivity index (χ1v) is 14.4. The quantitative estimate of drug-likeness (QED) is 0.285. The number of carbonyl (C=O) groups excluding carboxylic acids is 3. The number of rotatable bonds is 12. The van der Waals surface area contributed by atoms with E-state index >= 15 is 0 Å². The molecule has 1 saturated heterocycles. The van der Waals surface area contributed by atoms with Crippen molar-refractivity contribution in [1.82, 2.24) is 20.2 Å². The van der Waals surface area contributed by atoms with Gasteiger partial charge >= 0.3 is 6.03 Å². The van der Waals surface area contributed by atoms with Crippen molar-refractivity contribution in [2.24, 2.45) is 5.41 Å². The Bertz CT molecular complexity index is 1260. The summed E-state index contributed by atoms with van der Waals surface area (Å²) < 4.78 is 11.1. The molecule has 4 rings (SSSR count). The van der Waals surface area contributed by atoms with Crippen molar-refractivity contribution in [3.05, 3.63) is 53.6 Å². The van der Waals surface area contributed by atoms with Crippen molar-refractivity contribution in [1.29, 1.82) is 0 Å². The lowest BCUT2D eigenvalue weighted by Crippen LogP contribution is -2.72. The molecule has 2 heterocycles. The Morgan fingerprint density at radius 2 is 1.80 bits per heavy atom. The van der Waals surface area contributed by atoms with Crippen molar-refractivity contribution < 1.29 is 28.7 Å². The van der Waals surface area contributed by atoms with Gasteiger partial charge in [0.05, 0.1) is 23.1 Å². The van der Waals surface area contributed by atoms with Crippen LogP contribution in [0.1, 0.15) is 74.8 Å². The first kappa shape index (κ1) is 30.2. The molecule has 1 N–H and O–H groups in total. The van der Waals surface area contributed by atoms with Gasteiger partial charge in [0.15, 0.2) is 17.2 Å². The molecule has 0 saturated carbocycles. The van der Waals surface area contributed by atoms with Gasteiger partial charge in [-0.2, -0.15) is 0 Å². The summed E-state index contributed by atoms with van der Waals surface area (Å²) in [7, 11) is 5.50. The largest absolute Gasteiger partial charge is 0.454 e. The summed E-state index contributed by atoms with van der Waals surface area (Å²) in [5, 5.41) is 3.91. The molecular formula is C31H42N4O6. The van der Waals surface area contributed by atoms with Crippen LogP contribution in [0.5, 0.6) is 17.2 Å². The van der Waals surface area contributed by atoms with Gasteiger partial charge in [-0.3, -0.25) is 14.5 Å². The predicted octanol–water partition coefficient (Wildman–Crippen LogP) is 5.00. The molecule has 2 atom stereocenters. The van der Waals surface area contributed by atoms with Gasteiger partial charge in [0, 0.05) is 7.05 Å². The van der Waals surface area contributed by atoms with Crippen molar-refractivity contribution in [2.75, 3.05) is 34.5 Å². The van der Waals surface area contributed by atoms with Crippen LogP contribution in [0, 0.1) is 5.41 Å². The lowest BCUT2D eigenvalue weighted by molar-refractivity contribution is -0.173. The number of nitrogens with zero attached hydrogens (tertiary/aromatic N) is 3. The topological polar surface area (TPSA) is 101 Å². The number of ether oxygens (including phenoxy) is 2. The maximum Gasteiger partial charge on any atom is 0.360 e. The van der Waals surface area contributed by atoms with E-state index in [-0.39, 0.29) is 36.0 Å². The minimum Gasteiger partial charge on any atom is -0.454 e. The average Bonchev–Trinajstić information content (AvgIpc) is 3.45. The van der Waals surface area contributed by atoms with E-state index in [9.17, 15) is 14.4 Å². The van der Waals surface area contributed by atoms with Crippen LogP contribution in [0.15, 0.2) is 42.5 Å². The number of nitrogens with one attached hydrogen (secondary N) is 1. The van der Waals surface area contributed by atoms with E-state index in [4.69, 9.17) is 14.3 Å². The highest BCUT2D eigenvalue weighted by molar-refractivity contribution is 6.03. The molecule has 10 nitrogen and oxygen atoms in total. The number of para-hydroxylation sites is 1. The van der Waals surface area contributed by atoms with Crippen LogP contribution in [-0.4, -0.2) is 73.2 Å². The lowest BCUT2D eigenvalue weighted by Gasteiger charge is -2.55. The number of fused-ring (bicyclic) bond motifs is 1. The Morgan fingerprint density at radius 1 is 1.10 bits per heavy atom. The molecule has 0 radical (unpaired) electrons. The second-order valence-electron chi connectivity index (χ2n) is 10.8. The Labute approximate surface area is 242 Å². The van der Waals surface area contributed by atoms with E-state index in [2.05, 4.69) is 10.2 Å². The zero-order valence-electron chi connectivity index (χ0n) is 24.9. The summed E-state index contributed by atoms with van der Waals surface area (Å²) in [6.45, 7) is 6.89. The highest BCUT2D eigenvalue weighted by Crippen LogP contribution is 2.48. The summed E-state index contributed by atoms with van der Waals surface area (Å²) in [5.41, 5.74) is 0.456. The van der Waals surface area contributed by atoms with Crippen LogP contribution in [0.2, 0.25) is 0 Å². The third-order valence-electron chi connectivity index (χ3n) is 8.28. The molecule has 2 aromatic carbocycles. The van der Waals surface area contributed by atoms with Crippen LogP contribution in [-0.2, 0) is 4.79 Å². The van der Waals surface area contributed by atoms with Gasteiger partial charge in [0.25, 0.3) is 5.91 Å². The Balaban J connectivity index is 1.79. The number of amides is 4. The molecule has 0 spiro atoms. The maximum atomic E-state index is 14.5. The number of likely N-dealkylation sites (tertiary alicyclic amines) is 1. The van der Waals surface area contributed by atoms with Gasteiger partial charge in [0.2, 0.25) is 12.7 Å². The van der Waals surface area contributed by atoms with Crippen LogP contribution in [0.25, 0.3) is 0 Å². The molecule has 0 aliphatic carbocycles. The molecule has 222 valence electrons. The summed E-state index contributed by atoms with van der Waals surface area (Å²) >= 11 is 0. The fourth-order valence-electron chi connectivity index (χ4n) is 5.86. The summed E-state index contributed by atoms with van der Waals surface area (Å²) in [6, 6.07) is 10.9. The standard InChI is InChI=1S/C31H42N4O6/c1-7-12-23(21-15-16-25-26(19-21)40-20-39-25)35(41-24-14-11-10-13-22(24)28(36)32-4)30(38)34-27(17-18-33(5)6)31(8-2,9-3)29(34)37/h10-11,13-16,19,23,27H,7-9,12,17-18,20H2,1-6H3,(H,32,36). The number of imide groups is 1. The second-order valence-corrected chi connectivity index (χ2v) is 10.8. The predicted molar refractivity (Wildman–Crippen MR) is 155 cm³/mol. The highest BCUT2D eigenvalue weighted by atomic mass is 16.7. The number of hydrogen-bond acceptors (Lipinski definition) is 7. The van der Waals surface area contributed by atoms with Crippen molar-refractivity contribution in [3.63, 3.8) is 0 Å². The van der Waals surface area contributed by atoms with E-state index in [0.29, 0.717) is 37.2 Å². The monoisotopic (exact) mass is 566 g/mol. The second kappa shape index (κ2) is 12.8. The van der Waals surface area contributed by atoms with Crippen LogP contribution in [0.4, 0.5) is 4.79 Å². The van der Waals surface area contributed by atoms with E-state index in [1.165, 1.54) is 17.0 Å². The molecule has 1 fully saturated rings. The number of hydrogen-bond donors (Lipinski definition) is 1. The number of urea groups is 1. The molecule has 2 unspecified atom stereocenters.